The number of amides is 1. The first-order valence-corrected chi connectivity index (χ1v) is 9.16. The van der Waals surface area contributed by atoms with Gasteiger partial charge in [-0.3, -0.25) is 9.78 Å². The average molecular weight is 376 g/mol. The van der Waals surface area contributed by atoms with Crippen LogP contribution in [0.5, 0.6) is 11.5 Å². The average Bonchev–Trinajstić information content (AvgIpc) is 2.77. The molecule has 0 fully saturated rings. The maximum atomic E-state index is 12.7. The molecule has 0 saturated heterocycles. The molecule has 1 heterocycles. The second-order valence-electron chi connectivity index (χ2n) is 6.38. The third-order valence-electron chi connectivity index (χ3n) is 4.57. The fourth-order valence-electron chi connectivity index (χ4n) is 3.09. The van der Waals surface area contributed by atoms with Gasteiger partial charge in [0, 0.05) is 18.8 Å². The van der Waals surface area contributed by atoms with Crippen LogP contribution in [0, 0.1) is 0 Å². The Balaban J connectivity index is 1.69. The van der Waals surface area contributed by atoms with Gasteiger partial charge in [-0.2, -0.15) is 0 Å². The molecule has 28 heavy (non-hydrogen) atoms. The van der Waals surface area contributed by atoms with Gasteiger partial charge in [-0.15, -0.1) is 0 Å². The minimum Gasteiger partial charge on any atom is -0.493 e. The molecule has 0 aliphatic carbocycles. The van der Waals surface area contributed by atoms with E-state index in [-0.39, 0.29) is 11.9 Å². The van der Waals surface area contributed by atoms with Gasteiger partial charge in [0.2, 0.25) is 5.91 Å². The van der Waals surface area contributed by atoms with E-state index in [9.17, 15) is 4.79 Å². The molecule has 3 rings (SSSR count). The fourth-order valence-corrected chi connectivity index (χ4v) is 3.09. The van der Waals surface area contributed by atoms with Crippen molar-refractivity contribution in [2.45, 2.75) is 18.9 Å². The lowest BCUT2D eigenvalue weighted by atomic mass is 9.99. The summed E-state index contributed by atoms with van der Waals surface area (Å²) in [6.07, 6.45) is 4.47. The first-order chi connectivity index (χ1) is 13.7. The van der Waals surface area contributed by atoms with E-state index in [1.807, 2.05) is 60.7 Å². The number of rotatable bonds is 8. The molecule has 1 amide bonds. The van der Waals surface area contributed by atoms with E-state index in [1.54, 1.807) is 26.6 Å². The number of carbonyl (C=O) groups is 1. The minimum atomic E-state index is -0.206. The predicted molar refractivity (Wildman–Crippen MR) is 109 cm³/mol. The summed E-state index contributed by atoms with van der Waals surface area (Å²) in [5.74, 6) is 1.33. The number of ether oxygens (including phenoxy) is 2. The van der Waals surface area contributed by atoms with Crippen LogP contribution in [0.25, 0.3) is 0 Å². The molecule has 3 aromatic rings. The van der Waals surface area contributed by atoms with Gasteiger partial charge in [-0.25, -0.2) is 0 Å². The van der Waals surface area contributed by atoms with E-state index < -0.39 is 0 Å². The van der Waals surface area contributed by atoms with Crippen molar-refractivity contribution in [3.63, 3.8) is 0 Å². The van der Waals surface area contributed by atoms with E-state index in [0.29, 0.717) is 24.3 Å². The van der Waals surface area contributed by atoms with Gasteiger partial charge in [0.05, 0.1) is 20.3 Å². The molecule has 1 aromatic heterocycles. The normalized spacial score (nSPS) is 11.5. The van der Waals surface area contributed by atoms with Gasteiger partial charge in [0.1, 0.15) is 0 Å². The number of benzene rings is 2. The number of pyridine rings is 1. The number of aromatic nitrogens is 1. The summed E-state index contributed by atoms with van der Waals surface area (Å²) < 4.78 is 10.6. The number of hydrogen-bond acceptors (Lipinski definition) is 4. The van der Waals surface area contributed by atoms with Gasteiger partial charge in [0.15, 0.2) is 11.5 Å². The number of methoxy groups -OCH3 is 2. The smallest absolute Gasteiger partial charge is 0.221 e. The lowest BCUT2D eigenvalue weighted by molar-refractivity contribution is -0.121. The Morgan fingerprint density at radius 2 is 1.61 bits per heavy atom. The summed E-state index contributed by atoms with van der Waals surface area (Å²) in [7, 11) is 3.21. The summed E-state index contributed by atoms with van der Waals surface area (Å²) in [4.78, 5) is 16.7. The molecule has 0 aliphatic rings. The number of hydrogen-bond donors (Lipinski definition) is 1. The number of aryl methyl sites for hydroxylation is 1. The molecule has 144 valence electrons. The van der Waals surface area contributed by atoms with Gasteiger partial charge in [-0.1, -0.05) is 36.4 Å². The van der Waals surface area contributed by atoms with Crippen molar-refractivity contribution in [2.24, 2.45) is 0 Å². The molecule has 1 N–H and O–H groups in total. The van der Waals surface area contributed by atoms with Crippen LogP contribution in [0.2, 0.25) is 0 Å². The Kier molecular flexibility index (Phi) is 6.63. The zero-order valence-electron chi connectivity index (χ0n) is 16.1. The molecular formula is C23H24N2O3. The predicted octanol–water partition coefficient (Wildman–Crippen LogP) is 3.94. The van der Waals surface area contributed by atoms with E-state index in [0.717, 1.165) is 16.7 Å². The van der Waals surface area contributed by atoms with Crippen LogP contribution in [-0.4, -0.2) is 25.1 Å². The van der Waals surface area contributed by atoms with E-state index >= 15 is 0 Å². The maximum absolute atomic E-state index is 12.7. The van der Waals surface area contributed by atoms with Crippen molar-refractivity contribution < 1.29 is 14.3 Å². The van der Waals surface area contributed by atoms with Crippen molar-refractivity contribution in [3.8, 4) is 11.5 Å². The fraction of sp³-hybridized carbons (Fsp3) is 0.217. The quantitative estimate of drug-likeness (QED) is 0.647. The highest BCUT2D eigenvalue weighted by Crippen LogP contribution is 2.28. The molecule has 5 nitrogen and oxygen atoms in total. The van der Waals surface area contributed by atoms with E-state index in [2.05, 4.69) is 10.3 Å². The van der Waals surface area contributed by atoms with Crippen LogP contribution in [0.1, 0.15) is 29.2 Å². The molecule has 5 heteroatoms. The molecule has 1 unspecified atom stereocenters. The Labute approximate surface area is 165 Å². The Morgan fingerprint density at radius 1 is 0.929 bits per heavy atom. The molecule has 0 saturated carbocycles. The van der Waals surface area contributed by atoms with Gasteiger partial charge < -0.3 is 14.8 Å². The summed E-state index contributed by atoms with van der Waals surface area (Å²) in [5, 5.41) is 3.15. The second kappa shape index (κ2) is 9.55. The first kappa shape index (κ1) is 19.4. The maximum Gasteiger partial charge on any atom is 0.221 e. The highest BCUT2D eigenvalue weighted by molar-refractivity contribution is 5.77. The first-order valence-electron chi connectivity index (χ1n) is 9.16. The van der Waals surface area contributed by atoms with Crippen molar-refractivity contribution >= 4 is 5.91 Å². The number of carbonyl (C=O) groups excluding carboxylic acids is 1. The van der Waals surface area contributed by atoms with Crippen LogP contribution >= 0.6 is 0 Å². The summed E-state index contributed by atoms with van der Waals surface area (Å²) >= 11 is 0. The lowest BCUT2D eigenvalue weighted by Crippen LogP contribution is -2.29. The van der Waals surface area contributed by atoms with Crippen LogP contribution in [0.3, 0.4) is 0 Å². The third-order valence-corrected chi connectivity index (χ3v) is 4.57. The third kappa shape index (κ3) is 4.88. The highest BCUT2D eigenvalue weighted by atomic mass is 16.5. The minimum absolute atomic E-state index is 0.0135. The Hall–Kier alpha value is -3.34. The van der Waals surface area contributed by atoms with Crippen molar-refractivity contribution in [1.82, 2.24) is 10.3 Å². The molecule has 2 aromatic carbocycles. The van der Waals surface area contributed by atoms with Crippen molar-refractivity contribution in [1.29, 1.82) is 0 Å². The highest BCUT2D eigenvalue weighted by Gasteiger charge is 2.16. The van der Waals surface area contributed by atoms with Crippen molar-refractivity contribution in [2.75, 3.05) is 14.2 Å². The molecule has 0 bridgehead atoms. The van der Waals surface area contributed by atoms with Gasteiger partial charge in [-0.05, 0) is 47.4 Å². The zero-order valence-corrected chi connectivity index (χ0v) is 16.1. The standard InChI is InChI=1S/C23H24N2O3/c1-27-20-10-8-17(16-21(20)28-2)9-11-22(26)25-23(18-6-4-3-5-7-18)19-12-14-24-15-13-19/h3-8,10,12-16,23H,9,11H2,1-2H3,(H,25,26). The van der Waals surface area contributed by atoms with Crippen molar-refractivity contribution in [3.05, 3.63) is 89.7 Å². The topological polar surface area (TPSA) is 60.5 Å². The Morgan fingerprint density at radius 3 is 2.29 bits per heavy atom. The van der Waals surface area contributed by atoms with Crippen LogP contribution in [0.4, 0.5) is 0 Å². The summed E-state index contributed by atoms with van der Waals surface area (Å²) in [6, 6.07) is 19.3. The number of nitrogens with zero attached hydrogens (tertiary/aromatic N) is 1. The van der Waals surface area contributed by atoms with Crippen LogP contribution in [0.15, 0.2) is 73.1 Å². The summed E-state index contributed by atoms with van der Waals surface area (Å²) in [6.45, 7) is 0. The van der Waals surface area contributed by atoms with Crippen LogP contribution in [-0.2, 0) is 11.2 Å². The van der Waals surface area contributed by atoms with E-state index in [4.69, 9.17) is 9.47 Å². The van der Waals surface area contributed by atoms with Crippen LogP contribution < -0.4 is 14.8 Å². The molecule has 0 spiro atoms. The molecule has 0 aliphatic heterocycles. The monoisotopic (exact) mass is 376 g/mol. The number of nitrogens with one attached hydrogen (secondary N) is 1. The lowest BCUT2D eigenvalue weighted by Gasteiger charge is -2.20. The van der Waals surface area contributed by atoms with Gasteiger partial charge >= 0.3 is 0 Å². The second-order valence-corrected chi connectivity index (χ2v) is 6.38. The Bertz CT molecular complexity index is 859. The molecular weight excluding hydrogens is 352 g/mol. The summed E-state index contributed by atoms with van der Waals surface area (Å²) in [5.41, 5.74) is 3.06. The molecule has 0 radical (unpaired) electrons. The zero-order chi connectivity index (χ0) is 19.8. The largest absolute Gasteiger partial charge is 0.493 e. The molecule has 1 atom stereocenters. The van der Waals surface area contributed by atoms with Gasteiger partial charge in [0.25, 0.3) is 0 Å². The van der Waals surface area contributed by atoms with E-state index in [1.165, 1.54) is 0 Å². The SMILES string of the molecule is COc1ccc(CCC(=O)NC(c2ccccc2)c2ccncc2)cc1OC.